The standard InChI is InChI=1S/C11H17NOS/c1-2-12-9-10-4-3-5-11(8-10)14-7-6-13/h3-5,8,12-13H,2,6-7,9H2,1H3. The molecule has 0 aromatic heterocycles. The van der Waals surface area contributed by atoms with Crippen LogP contribution in [-0.4, -0.2) is 24.0 Å². The highest BCUT2D eigenvalue weighted by atomic mass is 32.2. The van der Waals surface area contributed by atoms with Crippen molar-refractivity contribution in [1.29, 1.82) is 0 Å². The molecule has 2 N–H and O–H groups in total. The molecule has 78 valence electrons. The summed E-state index contributed by atoms with van der Waals surface area (Å²) < 4.78 is 0. The number of aliphatic hydroxyl groups excluding tert-OH is 1. The third kappa shape index (κ3) is 4.13. The van der Waals surface area contributed by atoms with Crippen LogP contribution in [0.4, 0.5) is 0 Å². The van der Waals surface area contributed by atoms with E-state index in [9.17, 15) is 0 Å². The molecule has 0 aliphatic carbocycles. The van der Waals surface area contributed by atoms with Gasteiger partial charge in [0.25, 0.3) is 0 Å². The Labute approximate surface area is 89.7 Å². The van der Waals surface area contributed by atoms with Crippen LogP contribution in [0, 0.1) is 0 Å². The highest BCUT2D eigenvalue weighted by Gasteiger charge is 1.95. The first-order valence-electron chi connectivity index (χ1n) is 4.90. The average Bonchev–Trinajstić information content (AvgIpc) is 2.24. The fourth-order valence-corrected chi connectivity index (χ4v) is 1.91. The van der Waals surface area contributed by atoms with Gasteiger partial charge in [-0.05, 0) is 24.2 Å². The topological polar surface area (TPSA) is 32.3 Å². The van der Waals surface area contributed by atoms with E-state index >= 15 is 0 Å². The van der Waals surface area contributed by atoms with Gasteiger partial charge in [0.1, 0.15) is 0 Å². The van der Waals surface area contributed by atoms with Crippen molar-refractivity contribution in [3.8, 4) is 0 Å². The van der Waals surface area contributed by atoms with Gasteiger partial charge in [0.05, 0.1) is 6.61 Å². The summed E-state index contributed by atoms with van der Waals surface area (Å²) in [7, 11) is 0. The molecule has 0 fully saturated rings. The van der Waals surface area contributed by atoms with Crippen LogP contribution in [0.5, 0.6) is 0 Å². The van der Waals surface area contributed by atoms with Crippen LogP contribution in [0.2, 0.25) is 0 Å². The fraction of sp³-hybridized carbons (Fsp3) is 0.455. The first-order chi connectivity index (χ1) is 6.86. The lowest BCUT2D eigenvalue weighted by atomic mass is 10.2. The molecule has 0 saturated heterocycles. The van der Waals surface area contributed by atoms with Crippen LogP contribution >= 0.6 is 11.8 Å². The molecule has 0 saturated carbocycles. The first-order valence-corrected chi connectivity index (χ1v) is 5.88. The predicted molar refractivity (Wildman–Crippen MR) is 61.6 cm³/mol. The van der Waals surface area contributed by atoms with E-state index in [1.165, 1.54) is 10.5 Å². The maximum Gasteiger partial charge on any atom is 0.0525 e. The normalized spacial score (nSPS) is 10.4. The number of aliphatic hydroxyl groups is 1. The third-order valence-corrected chi connectivity index (χ3v) is 2.81. The fourth-order valence-electron chi connectivity index (χ4n) is 1.18. The van der Waals surface area contributed by atoms with Gasteiger partial charge in [-0.3, -0.25) is 0 Å². The van der Waals surface area contributed by atoms with Crippen molar-refractivity contribution in [1.82, 2.24) is 5.32 Å². The number of nitrogens with one attached hydrogen (secondary N) is 1. The number of benzene rings is 1. The number of hydrogen-bond donors (Lipinski definition) is 2. The van der Waals surface area contributed by atoms with E-state index in [-0.39, 0.29) is 6.61 Å². The molecular formula is C11H17NOS. The van der Waals surface area contributed by atoms with Gasteiger partial charge in [-0.2, -0.15) is 0 Å². The maximum atomic E-state index is 8.71. The lowest BCUT2D eigenvalue weighted by Gasteiger charge is -2.04. The second-order valence-corrected chi connectivity index (χ2v) is 4.17. The van der Waals surface area contributed by atoms with E-state index in [0.717, 1.165) is 18.8 Å². The molecule has 0 unspecified atom stereocenters. The van der Waals surface area contributed by atoms with Crippen molar-refractivity contribution >= 4 is 11.8 Å². The molecular weight excluding hydrogens is 194 g/mol. The van der Waals surface area contributed by atoms with E-state index in [1.54, 1.807) is 11.8 Å². The summed E-state index contributed by atoms with van der Waals surface area (Å²) >= 11 is 1.69. The molecule has 1 aromatic rings. The van der Waals surface area contributed by atoms with E-state index < -0.39 is 0 Å². The van der Waals surface area contributed by atoms with Gasteiger partial charge in [-0.25, -0.2) is 0 Å². The maximum absolute atomic E-state index is 8.71. The minimum absolute atomic E-state index is 0.238. The molecule has 0 heterocycles. The van der Waals surface area contributed by atoms with Crippen molar-refractivity contribution in [2.45, 2.75) is 18.4 Å². The summed E-state index contributed by atoms with van der Waals surface area (Å²) in [5, 5.41) is 12.0. The zero-order valence-electron chi connectivity index (χ0n) is 8.49. The van der Waals surface area contributed by atoms with Crippen molar-refractivity contribution in [2.24, 2.45) is 0 Å². The Morgan fingerprint density at radius 1 is 1.43 bits per heavy atom. The Kier molecular flexibility index (Phi) is 5.68. The van der Waals surface area contributed by atoms with Crippen LogP contribution in [0.1, 0.15) is 12.5 Å². The second-order valence-electron chi connectivity index (χ2n) is 3.00. The third-order valence-electron chi connectivity index (χ3n) is 1.84. The van der Waals surface area contributed by atoms with Gasteiger partial charge < -0.3 is 10.4 Å². The molecule has 2 nitrogen and oxygen atoms in total. The lowest BCUT2D eigenvalue weighted by Crippen LogP contribution is -2.11. The second kappa shape index (κ2) is 6.87. The molecule has 0 aliphatic heterocycles. The molecule has 0 atom stereocenters. The number of rotatable bonds is 6. The van der Waals surface area contributed by atoms with E-state index in [1.807, 2.05) is 0 Å². The Morgan fingerprint density at radius 3 is 3.00 bits per heavy atom. The minimum atomic E-state index is 0.238. The summed E-state index contributed by atoms with van der Waals surface area (Å²) in [6.07, 6.45) is 0. The van der Waals surface area contributed by atoms with Crippen molar-refractivity contribution in [3.05, 3.63) is 29.8 Å². The zero-order valence-corrected chi connectivity index (χ0v) is 9.31. The van der Waals surface area contributed by atoms with Crippen molar-refractivity contribution in [2.75, 3.05) is 18.9 Å². The highest BCUT2D eigenvalue weighted by molar-refractivity contribution is 7.99. The van der Waals surface area contributed by atoms with Crippen molar-refractivity contribution < 1.29 is 5.11 Å². The smallest absolute Gasteiger partial charge is 0.0525 e. The minimum Gasteiger partial charge on any atom is -0.396 e. The first kappa shape index (κ1) is 11.6. The van der Waals surface area contributed by atoms with Crippen LogP contribution < -0.4 is 5.32 Å². The predicted octanol–water partition coefficient (Wildman–Crippen LogP) is 1.88. The Balaban J connectivity index is 2.50. The van der Waals surface area contributed by atoms with Gasteiger partial charge in [0.2, 0.25) is 0 Å². The van der Waals surface area contributed by atoms with Crippen LogP contribution in [-0.2, 0) is 6.54 Å². The molecule has 1 aromatic carbocycles. The van der Waals surface area contributed by atoms with Gasteiger partial charge in [0.15, 0.2) is 0 Å². The molecule has 0 aliphatic rings. The summed E-state index contributed by atoms with van der Waals surface area (Å²) in [5.41, 5.74) is 1.30. The van der Waals surface area contributed by atoms with Crippen molar-refractivity contribution in [3.63, 3.8) is 0 Å². The van der Waals surface area contributed by atoms with Crippen LogP contribution in [0.25, 0.3) is 0 Å². The Bertz CT molecular complexity index is 242. The Morgan fingerprint density at radius 2 is 2.29 bits per heavy atom. The molecule has 0 bridgehead atoms. The molecule has 14 heavy (non-hydrogen) atoms. The van der Waals surface area contributed by atoms with Gasteiger partial charge in [-0.15, -0.1) is 11.8 Å². The Hall–Kier alpha value is -0.510. The molecule has 1 rings (SSSR count). The van der Waals surface area contributed by atoms with E-state index in [0.29, 0.717) is 0 Å². The summed E-state index contributed by atoms with van der Waals surface area (Å²) in [6, 6.07) is 8.43. The molecule has 3 heteroatoms. The highest BCUT2D eigenvalue weighted by Crippen LogP contribution is 2.18. The van der Waals surface area contributed by atoms with E-state index in [2.05, 4.69) is 36.5 Å². The summed E-state index contributed by atoms with van der Waals surface area (Å²) in [6.45, 7) is 4.25. The van der Waals surface area contributed by atoms with Gasteiger partial charge in [0, 0.05) is 17.2 Å². The summed E-state index contributed by atoms with van der Waals surface area (Å²) in [5.74, 6) is 0.769. The molecule has 0 radical (unpaired) electrons. The molecule has 0 spiro atoms. The molecule has 0 amide bonds. The SMILES string of the molecule is CCNCc1cccc(SCCO)c1. The average molecular weight is 211 g/mol. The lowest BCUT2D eigenvalue weighted by molar-refractivity contribution is 0.322. The number of hydrogen-bond acceptors (Lipinski definition) is 3. The summed E-state index contributed by atoms with van der Waals surface area (Å²) in [4.78, 5) is 1.23. The van der Waals surface area contributed by atoms with Crippen LogP contribution in [0.3, 0.4) is 0 Å². The number of thioether (sulfide) groups is 1. The quantitative estimate of drug-likeness (QED) is 0.705. The van der Waals surface area contributed by atoms with Crippen LogP contribution in [0.15, 0.2) is 29.2 Å². The zero-order chi connectivity index (χ0) is 10.2. The van der Waals surface area contributed by atoms with Gasteiger partial charge in [-0.1, -0.05) is 19.1 Å². The van der Waals surface area contributed by atoms with E-state index in [4.69, 9.17) is 5.11 Å². The largest absolute Gasteiger partial charge is 0.396 e. The van der Waals surface area contributed by atoms with Gasteiger partial charge >= 0.3 is 0 Å². The monoisotopic (exact) mass is 211 g/mol.